The monoisotopic (exact) mass is 225 g/mol. The van der Waals surface area contributed by atoms with Crippen LogP contribution in [0.25, 0.3) is 0 Å². The second kappa shape index (κ2) is 4.71. The van der Waals surface area contributed by atoms with E-state index in [9.17, 15) is 13.6 Å². The molecular weight excluding hydrogens is 216 g/mol. The predicted octanol–water partition coefficient (Wildman–Crippen LogP) is 2.59. The highest BCUT2D eigenvalue weighted by atomic mass is 19.3. The topological polar surface area (TPSA) is 50.1 Å². The fourth-order valence-corrected chi connectivity index (χ4v) is 1.42. The molecule has 5 heteroatoms. The lowest BCUT2D eigenvalue weighted by atomic mass is 9.97. The summed E-state index contributed by atoms with van der Waals surface area (Å²) in [5, 5.41) is 8.70. The average Bonchev–Trinajstić information content (AvgIpc) is 2.26. The molecule has 0 aliphatic carbocycles. The molecule has 0 aliphatic heterocycles. The number of hydrogen-bond donors (Lipinski definition) is 0. The van der Waals surface area contributed by atoms with Gasteiger partial charge in [0.15, 0.2) is 0 Å². The highest BCUT2D eigenvalue weighted by Gasteiger charge is 2.22. The molecule has 0 saturated heterocycles. The van der Waals surface area contributed by atoms with Crippen LogP contribution in [-0.2, 0) is 4.74 Å². The maximum atomic E-state index is 12.8. The molecule has 0 saturated carbocycles. The highest BCUT2D eigenvalue weighted by molar-refractivity contribution is 5.91. The molecule has 84 valence electrons. The van der Waals surface area contributed by atoms with E-state index in [1.54, 1.807) is 6.07 Å². The van der Waals surface area contributed by atoms with Gasteiger partial charge in [-0.05, 0) is 24.6 Å². The molecule has 0 aromatic heterocycles. The van der Waals surface area contributed by atoms with Crippen molar-refractivity contribution >= 4 is 5.97 Å². The zero-order chi connectivity index (χ0) is 12.3. The van der Waals surface area contributed by atoms with Gasteiger partial charge in [-0.25, -0.2) is 13.6 Å². The first-order chi connectivity index (χ1) is 7.52. The number of rotatable bonds is 2. The van der Waals surface area contributed by atoms with Gasteiger partial charge in [0.2, 0.25) is 0 Å². The fraction of sp³-hybridized carbons (Fsp3) is 0.273. The summed E-state index contributed by atoms with van der Waals surface area (Å²) in [4.78, 5) is 11.3. The summed E-state index contributed by atoms with van der Waals surface area (Å²) in [7, 11) is 1.12. The van der Waals surface area contributed by atoms with E-state index in [1.165, 1.54) is 19.1 Å². The summed E-state index contributed by atoms with van der Waals surface area (Å²) in [6, 6.07) is 4.30. The maximum Gasteiger partial charge on any atom is 0.338 e. The third-order valence-electron chi connectivity index (χ3n) is 2.26. The summed E-state index contributed by atoms with van der Waals surface area (Å²) in [5.74, 6) is -0.831. The number of methoxy groups -OCH3 is 1. The van der Waals surface area contributed by atoms with Crippen molar-refractivity contribution in [2.75, 3.05) is 7.11 Å². The van der Waals surface area contributed by atoms with Crippen LogP contribution in [0.5, 0.6) is 0 Å². The maximum absolute atomic E-state index is 12.8. The number of nitriles is 1. The Balaban J connectivity index is 3.48. The molecule has 0 aliphatic rings. The number of halogens is 2. The Labute approximate surface area is 91.3 Å². The molecule has 0 radical (unpaired) electrons. The molecule has 0 atom stereocenters. The zero-order valence-corrected chi connectivity index (χ0v) is 8.75. The third-order valence-corrected chi connectivity index (χ3v) is 2.26. The molecule has 1 aromatic rings. The highest BCUT2D eigenvalue weighted by Crippen LogP contribution is 2.29. The molecule has 0 heterocycles. The second-order valence-corrected chi connectivity index (χ2v) is 3.10. The van der Waals surface area contributed by atoms with Gasteiger partial charge in [-0.1, -0.05) is 0 Å². The Kier molecular flexibility index (Phi) is 3.56. The van der Waals surface area contributed by atoms with E-state index in [0.29, 0.717) is 0 Å². The lowest BCUT2D eigenvalue weighted by Crippen LogP contribution is -2.08. The Morgan fingerprint density at radius 3 is 2.56 bits per heavy atom. The van der Waals surface area contributed by atoms with Crippen LogP contribution in [0.2, 0.25) is 0 Å². The van der Waals surface area contributed by atoms with Crippen molar-refractivity contribution in [3.8, 4) is 6.07 Å². The molecule has 3 nitrogen and oxygen atoms in total. The van der Waals surface area contributed by atoms with Crippen molar-refractivity contribution in [3.63, 3.8) is 0 Å². The summed E-state index contributed by atoms with van der Waals surface area (Å²) in [6.45, 7) is 1.38. The van der Waals surface area contributed by atoms with E-state index < -0.39 is 18.0 Å². The summed E-state index contributed by atoms with van der Waals surface area (Å²) in [6.07, 6.45) is -2.82. The van der Waals surface area contributed by atoms with E-state index in [2.05, 4.69) is 4.74 Å². The van der Waals surface area contributed by atoms with Crippen molar-refractivity contribution in [2.45, 2.75) is 13.3 Å². The van der Waals surface area contributed by atoms with E-state index in [0.717, 1.165) is 7.11 Å². The number of carbonyl (C=O) groups is 1. The number of benzene rings is 1. The largest absolute Gasteiger partial charge is 0.465 e. The quantitative estimate of drug-likeness (QED) is 0.727. The van der Waals surface area contributed by atoms with E-state index in [1.807, 2.05) is 0 Å². The summed E-state index contributed by atoms with van der Waals surface area (Å²) in [5.41, 5.74) is -0.400. The number of hydrogen-bond acceptors (Lipinski definition) is 3. The minimum Gasteiger partial charge on any atom is -0.465 e. The first kappa shape index (κ1) is 12.1. The number of nitrogens with zero attached hydrogens (tertiary/aromatic N) is 1. The zero-order valence-electron chi connectivity index (χ0n) is 8.75. The second-order valence-electron chi connectivity index (χ2n) is 3.10. The van der Waals surface area contributed by atoms with Crippen LogP contribution in [0, 0.1) is 18.3 Å². The van der Waals surface area contributed by atoms with Crippen molar-refractivity contribution in [3.05, 3.63) is 34.4 Å². The van der Waals surface area contributed by atoms with Crippen LogP contribution in [0.3, 0.4) is 0 Å². The number of alkyl halides is 2. The molecule has 0 N–H and O–H groups in total. The third kappa shape index (κ3) is 2.01. The first-order valence-electron chi connectivity index (χ1n) is 4.43. The van der Waals surface area contributed by atoms with Gasteiger partial charge in [0.05, 0.1) is 24.3 Å². The van der Waals surface area contributed by atoms with Crippen molar-refractivity contribution in [1.29, 1.82) is 5.26 Å². The minimum atomic E-state index is -2.82. The van der Waals surface area contributed by atoms with Crippen LogP contribution in [0.1, 0.15) is 33.5 Å². The molecule has 0 spiro atoms. The molecule has 16 heavy (non-hydrogen) atoms. The van der Waals surface area contributed by atoms with Gasteiger partial charge in [-0.3, -0.25) is 0 Å². The van der Waals surface area contributed by atoms with Gasteiger partial charge in [0.1, 0.15) is 0 Å². The molecule has 0 bridgehead atoms. The van der Waals surface area contributed by atoms with Gasteiger partial charge < -0.3 is 4.74 Å². The Bertz CT molecular complexity index is 464. The summed E-state index contributed by atoms with van der Waals surface area (Å²) < 4.78 is 30.0. The Morgan fingerprint density at radius 1 is 1.50 bits per heavy atom. The fourth-order valence-electron chi connectivity index (χ4n) is 1.42. The van der Waals surface area contributed by atoms with Gasteiger partial charge >= 0.3 is 5.97 Å². The van der Waals surface area contributed by atoms with Crippen molar-refractivity contribution < 1.29 is 18.3 Å². The normalized spacial score (nSPS) is 10.0. The van der Waals surface area contributed by atoms with E-state index in [-0.39, 0.29) is 16.7 Å². The van der Waals surface area contributed by atoms with Crippen LogP contribution in [0.15, 0.2) is 12.1 Å². The molecule has 0 amide bonds. The standard InChI is InChI=1S/C11H9F2NO2/c1-6-7(5-14)3-4-8(11(15)16-2)9(6)10(12)13/h3-4,10H,1-2H3. The van der Waals surface area contributed by atoms with Crippen molar-refractivity contribution in [2.24, 2.45) is 0 Å². The predicted molar refractivity (Wildman–Crippen MR) is 52.2 cm³/mol. The Morgan fingerprint density at radius 2 is 2.12 bits per heavy atom. The number of ether oxygens (including phenoxy) is 1. The SMILES string of the molecule is COC(=O)c1ccc(C#N)c(C)c1C(F)F. The molecule has 0 unspecified atom stereocenters. The van der Waals surface area contributed by atoms with Gasteiger partial charge in [-0.2, -0.15) is 5.26 Å². The summed E-state index contributed by atoms with van der Waals surface area (Å²) >= 11 is 0. The Hall–Kier alpha value is -1.96. The van der Waals surface area contributed by atoms with Crippen molar-refractivity contribution in [1.82, 2.24) is 0 Å². The van der Waals surface area contributed by atoms with Crippen LogP contribution in [0.4, 0.5) is 8.78 Å². The lowest BCUT2D eigenvalue weighted by Gasteiger charge is -2.11. The molecular formula is C11H9F2NO2. The van der Waals surface area contributed by atoms with Gasteiger partial charge in [0.25, 0.3) is 6.43 Å². The lowest BCUT2D eigenvalue weighted by molar-refractivity contribution is 0.0589. The van der Waals surface area contributed by atoms with Crippen LogP contribution in [-0.4, -0.2) is 13.1 Å². The molecule has 1 rings (SSSR count). The smallest absolute Gasteiger partial charge is 0.338 e. The van der Waals surface area contributed by atoms with Crippen LogP contribution >= 0.6 is 0 Å². The first-order valence-corrected chi connectivity index (χ1v) is 4.43. The average molecular weight is 225 g/mol. The van der Waals surface area contributed by atoms with Gasteiger partial charge in [0, 0.05) is 5.56 Å². The molecule has 0 fully saturated rings. The van der Waals surface area contributed by atoms with Gasteiger partial charge in [-0.15, -0.1) is 0 Å². The van der Waals surface area contributed by atoms with E-state index in [4.69, 9.17) is 5.26 Å². The number of carbonyl (C=O) groups excluding carboxylic acids is 1. The van der Waals surface area contributed by atoms with E-state index >= 15 is 0 Å². The minimum absolute atomic E-state index is 0.111. The van der Waals surface area contributed by atoms with Crippen LogP contribution < -0.4 is 0 Å². The number of esters is 1. The molecule has 1 aromatic carbocycles.